The van der Waals surface area contributed by atoms with Crippen LogP contribution < -0.4 is 4.72 Å². The molecule has 4 rings (SSSR count). The van der Waals surface area contributed by atoms with Gasteiger partial charge in [-0.05, 0) is 62.3 Å². The number of carbonyl (C=O) groups excluding carboxylic acids is 1. The zero-order chi connectivity index (χ0) is 22.0. The number of methoxy groups -OCH3 is 1. The van der Waals surface area contributed by atoms with Crippen LogP contribution in [0.4, 0.5) is 4.79 Å². The number of sulfonamides is 1. The van der Waals surface area contributed by atoms with Gasteiger partial charge >= 0.3 is 6.09 Å². The number of benzene rings is 1. The van der Waals surface area contributed by atoms with Gasteiger partial charge in [-0.25, -0.2) is 17.9 Å². The highest BCUT2D eigenvalue weighted by Crippen LogP contribution is 2.43. The molecule has 1 aromatic rings. The molecule has 0 bridgehead atoms. The van der Waals surface area contributed by atoms with Gasteiger partial charge in [0.05, 0.1) is 32.1 Å². The first-order chi connectivity index (χ1) is 14.9. The van der Waals surface area contributed by atoms with Crippen molar-refractivity contribution in [1.29, 1.82) is 0 Å². The van der Waals surface area contributed by atoms with Crippen LogP contribution in [0.25, 0.3) is 0 Å². The van der Waals surface area contributed by atoms with E-state index >= 15 is 0 Å². The van der Waals surface area contributed by atoms with Gasteiger partial charge in [0.15, 0.2) is 0 Å². The van der Waals surface area contributed by atoms with E-state index in [-0.39, 0.29) is 24.2 Å². The van der Waals surface area contributed by atoms with Crippen LogP contribution in [0.15, 0.2) is 30.3 Å². The van der Waals surface area contributed by atoms with Crippen LogP contribution in [0.2, 0.25) is 0 Å². The fraction of sp³-hybridized carbons (Fsp3) is 0.696. The van der Waals surface area contributed by atoms with E-state index < -0.39 is 16.1 Å². The minimum atomic E-state index is -3.39. The van der Waals surface area contributed by atoms with Gasteiger partial charge in [0.2, 0.25) is 10.0 Å². The molecule has 3 fully saturated rings. The van der Waals surface area contributed by atoms with Gasteiger partial charge in [-0.2, -0.15) is 0 Å². The quantitative estimate of drug-likeness (QED) is 0.689. The van der Waals surface area contributed by atoms with E-state index in [1.54, 1.807) is 4.90 Å². The van der Waals surface area contributed by atoms with Gasteiger partial charge in [-0.1, -0.05) is 30.3 Å². The number of hydrogen-bond acceptors (Lipinski definition) is 5. The Morgan fingerprint density at radius 1 is 1.10 bits per heavy atom. The van der Waals surface area contributed by atoms with Crippen molar-refractivity contribution in [2.24, 2.45) is 5.92 Å². The molecule has 3 atom stereocenters. The van der Waals surface area contributed by atoms with Crippen molar-refractivity contribution in [2.75, 3.05) is 20.0 Å². The van der Waals surface area contributed by atoms with E-state index in [0.717, 1.165) is 38.5 Å². The molecule has 2 saturated carbocycles. The molecule has 1 saturated heterocycles. The van der Waals surface area contributed by atoms with Gasteiger partial charge in [-0.15, -0.1) is 0 Å². The highest BCUT2D eigenvalue weighted by atomic mass is 32.2. The number of carbonyl (C=O) groups is 1. The summed E-state index contributed by atoms with van der Waals surface area (Å²) in [4.78, 5) is 14.3. The normalized spacial score (nSPS) is 31.5. The van der Waals surface area contributed by atoms with Crippen LogP contribution in [-0.4, -0.2) is 63.6 Å². The minimum absolute atomic E-state index is 0.00844. The molecule has 1 N–H and O–H groups in total. The van der Waals surface area contributed by atoms with Crippen LogP contribution in [0.5, 0.6) is 0 Å². The maximum absolute atomic E-state index is 12.6. The van der Waals surface area contributed by atoms with Gasteiger partial charge in [-0.3, -0.25) is 4.90 Å². The van der Waals surface area contributed by atoms with E-state index in [0.29, 0.717) is 24.9 Å². The topological polar surface area (TPSA) is 84.9 Å². The summed E-state index contributed by atoms with van der Waals surface area (Å²) in [5, 5.41) is 0. The van der Waals surface area contributed by atoms with E-state index in [1.165, 1.54) is 18.9 Å². The molecule has 3 aliphatic rings. The maximum atomic E-state index is 12.6. The Balaban J connectivity index is 1.39. The second-order valence-electron chi connectivity index (χ2n) is 9.30. The molecule has 31 heavy (non-hydrogen) atoms. The number of rotatable bonds is 7. The fourth-order valence-corrected chi connectivity index (χ4v) is 6.17. The largest absolute Gasteiger partial charge is 0.453 e. The van der Waals surface area contributed by atoms with Crippen LogP contribution in [0.3, 0.4) is 0 Å². The zero-order valence-corrected chi connectivity index (χ0v) is 19.2. The lowest BCUT2D eigenvalue weighted by molar-refractivity contribution is -0.0102. The standard InChI is InChI=1S/C23H34N2O5S/c1-29-23(26)25-21(18-8-9-18)14-20(24-31(2,27)28)22(25)15-30-19-12-10-17(11-13-19)16-6-4-3-5-7-16/h3-7,17-22,24H,8-15H2,1-2H3/t17?,19?,20-,21?,22?/m0/s1. The summed E-state index contributed by atoms with van der Waals surface area (Å²) >= 11 is 0. The van der Waals surface area contributed by atoms with Crippen molar-refractivity contribution >= 4 is 16.1 Å². The molecule has 2 unspecified atom stereocenters. The summed E-state index contributed by atoms with van der Waals surface area (Å²) in [5.41, 5.74) is 1.39. The second kappa shape index (κ2) is 9.46. The minimum Gasteiger partial charge on any atom is -0.453 e. The molecule has 0 radical (unpaired) electrons. The Morgan fingerprint density at radius 2 is 1.77 bits per heavy atom. The number of hydrogen-bond donors (Lipinski definition) is 1. The molecule has 172 valence electrons. The fourth-order valence-electron chi connectivity index (χ4n) is 5.37. The second-order valence-corrected chi connectivity index (χ2v) is 11.1. The molecule has 8 heteroatoms. The SMILES string of the molecule is COC(=O)N1C(C2CC2)C[C@H](NS(C)(=O)=O)C1COC1CCC(c2ccccc2)CC1. The third-order valence-electron chi connectivity index (χ3n) is 7.04. The number of amides is 1. The van der Waals surface area contributed by atoms with Crippen molar-refractivity contribution in [3.63, 3.8) is 0 Å². The maximum Gasteiger partial charge on any atom is 0.410 e. The first-order valence-electron chi connectivity index (χ1n) is 11.4. The van der Waals surface area contributed by atoms with Gasteiger partial charge < -0.3 is 9.47 Å². The van der Waals surface area contributed by atoms with E-state index in [4.69, 9.17) is 9.47 Å². The number of nitrogens with zero attached hydrogens (tertiary/aromatic N) is 1. The Hall–Kier alpha value is -1.64. The lowest BCUT2D eigenvalue weighted by atomic mass is 9.83. The Bertz CT molecular complexity index is 850. The highest BCUT2D eigenvalue weighted by Gasteiger charge is 2.51. The molecule has 1 aliphatic heterocycles. The Kier molecular flexibility index (Phi) is 6.89. The number of nitrogens with one attached hydrogen (secondary N) is 1. The number of likely N-dealkylation sites (tertiary alicyclic amines) is 1. The third kappa shape index (κ3) is 5.59. The monoisotopic (exact) mass is 450 g/mol. The van der Waals surface area contributed by atoms with Gasteiger partial charge in [0.25, 0.3) is 0 Å². The average molecular weight is 451 g/mol. The van der Waals surface area contributed by atoms with Crippen LogP contribution in [0, 0.1) is 5.92 Å². The third-order valence-corrected chi connectivity index (χ3v) is 7.77. The molecule has 0 aromatic heterocycles. The molecular formula is C23H34N2O5S. The molecule has 0 spiro atoms. The molecule has 7 nitrogen and oxygen atoms in total. The lowest BCUT2D eigenvalue weighted by Gasteiger charge is -2.33. The zero-order valence-electron chi connectivity index (χ0n) is 18.4. The number of ether oxygens (including phenoxy) is 2. The summed E-state index contributed by atoms with van der Waals surface area (Å²) in [6.07, 6.45) is 7.77. The van der Waals surface area contributed by atoms with Crippen molar-refractivity contribution in [3.05, 3.63) is 35.9 Å². The van der Waals surface area contributed by atoms with Crippen LogP contribution in [0.1, 0.15) is 56.4 Å². The first-order valence-corrected chi connectivity index (χ1v) is 13.2. The summed E-state index contributed by atoms with van der Waals surface area (Å²) in [6, 6.07) is 9.92. The summed E-state index contributed by atoms with van der Waals surface area (Å²) in [5.74, 6) is 0.993. The van der Waals surface area contributed by atoms with Crippen LogP contribution >= 0.6 is 0 Å². The predicted octanol–water partition coefficient (Wildman–Crippen LogP) is 3.27. The molecule has 1 aromatic carbocycles. The molecule has 1 amide bonds. The predicted molar refractivity (Wildman–Crippen MR) is 118 cm³/mol. The first kappa shape index (κ1) is 22.6. The molecule has 2 aliphatic carbocycles. The van der Waals surface area contributed by atoms with Crippen molar-refractivity contribution in [3.8, 4) is 0 Å². The smallest absolute Gasteiger partial charge is 0.410 e. The van der Waals surface area contributed by atoms with Gasteiger partial charge in [0, 0.05) is 12.1 Å². The van der Waals surface area contributed by atoms with Gasteiger partial charge in [0.1, 0.15) is 0 Å². The molecular weight excluding hydrogens is 416 g/mol. The van der Waals surface area contributed by atoms with Crippen LogP contribution in [-0.2, 0) is 19.5 Å². The van der Waals surface area contributed by atoms with E-state index in [1.807, 2.05) is 6.07 Å². The van der Waals surface area contributed by atoms with Crippen molar-refractivity contribution in [1.82, 2.24) is 9.62 Å². The average Bonchev–Trinajstić information content (AvgIpc) is 3.54. The summed E-state index contributed by atoms with van der Waals surface area (Å²) < 4.78 is 38.0. The Morgan fingerprint density at radius 3 is 2.35 bits per heavy atom. The summed E-state index contributed by atoms with van der Waals surface area (Å²) in [6.45, 7) is 0.326. The summed E-state index contributed by atoms with van der Waals surface area (Å²) in [7, 11) is -2.01. The van der Waals surface area contributed by atoms with E-state index in [9.17, 15) is 13.2 Å². The Labute approximate surface area is 185 Å². The van der Waals surface area contributed by atoms with Crippen molar-refractivity contribution in [2.45, 2.75) is 75.1 Å². The van der Waals surface area contributed by atoms with E-state index in [2.05, 4.69) is 29.0 Å². The van der Waals surface area contributed by atoms with Crippen molar-refractivity contribution < 1.29 is 22.7 Å². The molecule has 1 heterocycles. The highest BCUT2D eigenvalue weighted by molar-refractivity contribution is 7.88. The lowest BCUT2D eigenvalue weighted by Crippen LogP contribution is -2.50.